The Labute approximate surface area is 129 Å². The van der Waals surface area contributed by atoms with Crippen molar-refractivity contribution in [3.8, 4) is 0 Å². The molecule has 0 aromatic heterocycles. The molecule has 5 nitrogen and oxygen atoms in total. The Morgan fingerprint density at radius 3 is 1.95 bits per heavy atom. The van der Waals surface area contributed by atoms with Gasteiger partial charge in [0.25, 0.3) is 0 Å². The van der Waals surface area contributed by atoms with Gasteiger partial charge in [-0.3, -0.25) is 4.79 Å². The van der Waals surface area contributed by atoms with Crippen LogP contribution < -0.4 is 0 Å². The summed E-state index contributed by atoms with van der Waals surface area (Å²) in [6.45, 7) is 6.81. The monoisotopic (exact) mass is 303 g/mol. The highest BCUT2D eigenvalue weighted by Crippen LogP contribution is 2.19. The molecule has 0 heterocycles. The highest BCUT2D eigenvalue weighted by Gasteiger charge is 2.18. The van der Waals surface area contributed by atoms with Gasteiger partial charge in [0, 0.05) is 0 Å². The first kappa shape index (κ1) is 22.2. The lowest BCUT2D eigenvalue weighted by Gasteiger charge is -2.14. The quantitative estimate of drug-likeness (QED) is 0.231. The van der Waals surface area contributed by atoms with Crippen molar-refractivity contribution in [1.29, 1.82) is 0 Å². The van der Waals surface area contributed by atoms with E-state index in [1.165, 1.54) is 43.9 Å². The van der Waals surface area contributed by atoms with Crippen LogP contribution in [0.15, 0.2) is 5.34 Å². The van der Waals surface area contributed by atoms with Crippen molar-refractivity contribution in [3.05, 3.63) is 4.91 Å². The Kier molecular flexibility index (Phi) is 19.9. The highest BCUT2D eigenvalue weighted by atomic mass is 16.6. The molecular formula is C16H33NO4. The standard InChI is InChI=1S/C16H32O2.HNO2/c1-4-7-9-10-11-12-14-15(13-8-5-2)16(17)18-6-3;2-1-3/h15H,4-14H2,1-3H3;(H,2,3). The fraction of sp³-hybridized carbons (Fsp3) is 0.938. The van der Waals surface area contributed by atoms with E-state index in [-0.39, 0.29) is 11.9 Å². The molecule has 0 radical (unpaired) electrons. The largest absolute Gasteiger partial charge is 0.466 e. The molecule has 0 rings (SSSR count). The molecule has 5 heteroatoms. The maximum Gasteiger partial charge on any atom is 0.308 e. The SMILES string of the molecule is CCCCCCCCC(CCCC)C(=O)OCC.O=NO. The summed E-state index contributed by atoms with van der Waals surface area (Å²) in [7, 11) is 0. The molecule has 21 heavy (non-hydrogen) atoms. The van der Waals surface area contributed by atoms with Crippen molar-refractivity contribution in [2.24, 2.45) is 11.3 Å². The van der Waals surface area contributed by atoms with Crippen molar-refractivity contribution in [2.75, 3.05) is 6.61 Å². The lowest BCUT2D eigenvalue weighted by molar-refractivity contribution is -0.148. The van der Waals surface area contributed by atoms with Crippen LogP contribution in [-0.4, -0.2) is 17.8 Å². The van der Waals surface area contributed by atoms with Gasteiger partial charge in [-0.2, -0.15) is 0 Å². The topological polar surface area (TPSA) is 76.0 Å². The number of nitrogens with zero attached hydrogens (tertiary/aromatic N) is 1. The first-order valence-corrected chi connectivity index (χ1v) is 8.31. The number of ether oxygens (including phenoxy) is 1. The molecule has 0 bridgehead atoms. The second kappa shape index (κ2) is 18.9. The molecule has 0 aromatic carbocycles. The van der Waals surface area contributed by atoms with Crippen LogP contribution in [0.3, 0.4) is 0 Å². The third-order valence-corrected chi connectivity index (χ3v) is 3.43. The van der Waals surface area contributed by atoms with Gasteiger partial charge in [0.05, 0.1) is 12.5 Å². The Hall–Kier alpha value is -1.13. The zero-order valence-electron chi connectivity index (χ0n) is 14.0. The Morgan fingerprint density at radius 1 is 0.952 bits per heavy atom. The third kappa shape index (κ3) is 16.8. The number of carbonyl (C=O) groups is 1. The Bertz CT molecular complexity index is 234. The number of hydrogen-bond acceptors (Lipinski definition) is 4. The summed E-state index contributed by atoms with van der Waals surface area (Å²) in [5, 5.41) is 7.89. The normalized spacial score (nSPS) is 11.2. The molecule has 0 amide bonds. The first-order valence-electron chi connectivity index (χ1n) is 8.31. The van der Waals surface area contributed by atoms with E-state index in [0.717, 1.165) is 25.7 Å². The minimum Gasteiger partial charge on any atom is -0.466 e. The third-order valence-electron chi connectivity index (χ3n) is 3.43. The maximum atomic E-state index is 11.8. The zero-order valence-corrected chi connectivity index (χ0v) is 14.0. The van der Waals surface area contributed by atoms with E-state index in [1.54, 1.807) is 0 Å². The predicted octanol–water partition coefficient (Wildman–Crippen LogP) is 5.25. The van der Waals surface area contributed by atoms with Crippen molar-refractivity contribution in [2.45, 2.75) is 85.0 Å². The molecule has 126 valence electrons. The van der Waals surface area contributed by atoms with E-state index in [9.17, 15) is 4.79 Å². The fourth-order valence-electron chi connectivity index (χ4n) is 2.26. The minimum absolute atomic E-state index is 0.0273. The van der Waals surface area contributed by atoms with Gasteiger partial charge < -0.3 is 9.94 Å². The van der Waals surface area contributed by atoms with Gasteiger partial charge in [0.15, 0.2) is 5.34 Å². The predicted molar refractivity (Wildman–Crippen MR) is 85.2 cm³/mol. The molecule has 0 saturated heterocycles. The van der Waals surface area contributed by atoms with Gasteiger partial charge in [-0.15, -0.1) is 4.91 Å². The van der Waals surface area contributed by atoms with E-state index in [1.807, 2.05) is 6.92 Å². The molecule has 0 aromatic rings. The van der Waals surface area contributed by atoms with Crippen LogP contribution in [-0.2, 0) is 9.53 Å². The molecular weight excluding hydrogens is 270 g/mol. The van der Waals surface area contributed by atoms with Crippen LogP contribution in [0.25, 0.3) is 0 Å². The number of esters is 1. The first-order chi connectivity index (χ1) is 10.2. The lowest BCUT2D eigenvalue weighted by atomic mass is 9.95. The highest BCUT2D eigenvalue weighted by molar-refractivity contribution is 5.72. The number of rotatable bonds is 12. The summed E-state index contributed by atoms with van der Waals surface area (Å²) in [6, 6.07) is 0. The smallest absolute Gasteiger partial charge is 0.308 e. The molecule has 0 saturated carbocycles. The van der Waals surface area contributed by atoms with Gasteiger partial charge in [0.2, 0.25) is 0 Å². The lowest BCUT2D eigenvalue weighted by Crippen LogP contribution is -2.17. The van der Waals surface area contributed by atoms with Gasteiger partial charge in [-0.25, -0.2) is 0 Å². The Balaban J connectivity index is 0. The van der Waals surface area contributed by atoms with Crippen LogP contribution in [0.4, 0.5) is 0 Å². The molecule has 0 spiro atoms. The molecule has 1 atom stereocenters. The van der Waals surface area contributed by atoms with Crippen molar-refractivity contribution < 1.29 is 14.7 Å². The van der Waals surface area contributed by atoms with Gasteiger partial charge >= 0.3 is 5.97 Å². The second-order valence-electron chi connectivity index (χ2n) is 5.23. The molecule has 1 N–H and O–H groups in total. The fourth-order valence-corrected chi connectivity index (χ4v) is 2.26. The van der Waals surface area contributed by atoms with E-state index >= 15 is 0 Å². The van der Waals surface area contributed by atoms with Crippen LogP contribution in [0.1, 0.15) is 85.0 Å². The molecule has 0 aliphatic carbocycles. The number of unbranched alkanes of at least 4 members (excludes halogenated alkanes) is 6. The van der Waals surface area contributed by atoms with Gasteiger partial charge in [0.1, 0.15) is 0 Å². The van der Waals surface area contributed by atoms with E-state index in [4.69, 9.17) is 14.9 Å². The van der Waals surface area contributed by atoms with Crippen molar-refractivity contribution in [3.63, 3.8) is 0 Å². The molecule has 1 unspecified atom stereocenters. The van der Waals surface area contributed by atoms with E-state index in [2.05, 4.69) is 13.8 Å². The van der Waals surface area contributed by atoms with Crippen LogP contribution in [0, 0.1) is 10.8 Å². The van der Waals surface area contributed by atoms with Gasteiger partial charge in [-0.1, -0.05) is 65.2 Å². The number of hydrogen-bond donors (Lipinski definition) is 1. The second-order valence-corrected chi connectivity index (χ2v) is 5.23. The molecule has 0 aliphatic rings. The average Bonchev–Trinajstić information content (AvgIpc) is 2.46. The van der Waals surface area contributed by atoms with Crippen LogP contribution >= 0.6 is 0 Å². The van der Waals surface area contributed by atoms with E-state index < -0.39 is 0 Å². The maximum absolute atomic E-state index is 11.8. The summed E-state index contributed by atoms with van der Waals surface area (Å²) in [5.74, 6) is 0.176. The summed E-state index contributed by atoms with van der Waals surface area (Å²) in [4.78, 5) is 19.9. The summed E-state index contributed by atoms with van der Waals surface area (Å²) in [6.07, 6.45) is 12.1. The van der Waals surface area contributed by atoms with Crippen molar-refractivity contribution in [1.82, 2.24) is 0 Å². The zero-order chi connectivity index (χ0) is 16.3. The van der Waals surface area contributed by atoms with Crippen molar-refractivity contribution >= 4 is 5.97 Å². The van der Waals surface area contributed by atoms with E-state index in [0.29, 0.717) is 6.61 Å². The van der Waals surface area contributed by atoms with Crippen LogP contribution in [0.2, 0.25) is 0 Å². The number of carbonyl (C=O) groups excluding carboxylic acids is 1. The summed E-state index contributed by atoms with van der Waals surface area (Å²) >= 11 is 0. The van der Waals surface area contributed by atoms with Gasteiger partial charge in [-0.05, 0) is 19.8 Å². The van der Waals surface area contributed by atoms with Crippen LogP contribution in [0.5, 0.6) is 0 Å². The minimum atomic E-state index is 0.0273. The summed E-state index contributed by atoms with van der Waals surface area (Å²) in [5.41, 5.74) is 0. The summed E-state index contributed by atoms with van der Waals surface area (Å²) < 4.78 is 5.16. The molecule has 0 fully saturated rings. The Morgan fingerprint density at radius 2 is 1.43 bits per heavy atom. The average molecular weight is 303 g/mol. The molecule has 0 aliphatic heterocycles.